The average molecular weight is 354 g/mol. The Morgan fingerprint density at radius 2 is 2.12 bits per heavy atom. The van der Waals surface area contributed by atoms with E-state index >= 15 is 0 Å². The van der Waals surface area contributed by atoms with Gasteiger partial charge in [0.2, 0.25) is 0 Å². The minimum Gasteiger partial charge on any atom is -0.334 e. The van der Waals surface area contributed by atoms with Gasteiger partial charge < -0.3 is 4.90 Å². The second-order valence-electron chi connectivity index (χ2n) is 6.22. The van der Waals surface area contributed by atoms with Gasteiger partial charge in [-0.2, -0.15) is 0 Å². The molecule has 6 nitrogen and oxygen atoms in total. The molecule has 0 radical (unpaired) electrons. The highest BCUT2D eigenvalue weighted by Crippen LogP contribution is 2.25. The topological polar surface area (TPSA) is 70.5 Å². The molecule has 0 unspecified atom stereocenters. The van der Waals surface area contributed by atoms with E-state index in [1.54, 1.807) is 22.7 Å². The lowest BCUT2D eigenvalue weighted by Gasteiger charge is -2.29. The minimum atomic E-state index is -0.355. The van der Waals surface area contributed by atoms with Crippen LogP contribution in [0.25, 0.3) is 5.65 Å². The maximum Gasteiger partial charge on any atom is 0.285 e. The smallest absolute Gasteiger partial charge is 0.285 e. The van der Waals surface area contributed by atoms with Crippen molar-refractivity contribution in [1.29, 1.82) is 0 Å². The number of rotatable bonds is 2. The fourth-order valence-corrected chi connectivity index (χ4v) is 3.69. The van der Waals surface area contributed by atoms with Gasteiger partial charge in [-0.1, -0.05) is 6.07 Å². The summed E-state index contributed by atoms with van der Waals surface area (Å²) in [6.07, 6.45) is 4.24. The van der Waals surface area contributed by atoms with Crippen LogP contribution in [0.2, 0.25) is 0 Å². The van der Waals surface area contributed by atoms with Crippen LogP contribution in [0, 0.1) is 6.92 Å². The van der Waals surface area contributed by atoms with Gasteiger partial charge in [0.25, 0.3) is 11.5 Å². The normalized spacial score (nSPS) is 13.9. The number of carbonyl (C=O) groups excluding carboxylic acids is 1. The zero-order valence-electron chi connectivity index (χ0n) is 14.1. The lowest BCUT2D eigenvalue weighted by Crippen LogP contribution is -2.39. The summed E-state index contributed by atoms with van der Waals surface area (Å²) < 4.78 is 1.32. The van der Waals surface area contributed by atoms with Crippen molar-refractivity contribution >= 4 is 23.3 Å². The average Bonchev–Trinajstić information content (AvgIpc) is 3.02. The number of carbonyl (C=O) groups is 1. The Hall–Kier alpha value is -2.54. The van der Waals surface area contributed by atoms with Crippen LogP contribution >= 0.6 is 11.8 Å². The molecule has 7 heteroatoms. The predicted octanol–water partition coefficient (Wildman–Crippen LogP) is 2.25. The van der Waals surface area contributed by atoms with E-state index in [2.05, 4.69) is 34.5 Å². The molecular weight excluding hydrogens is 336 g/mol. The van der Waals surface area contributed by atoms with Crippen molar-refractivity contribution in [3.8, 4) is 0 Å². The quantitative estimate of drug-likeness (QED) is 0.717. The molecule has 25 heavy (non-hydrogen) atoms. The molecule has 3 aromatic rings. The second-order valence-corrected chi connectivity index (χ2v) is 7.10. The maximum absolute atomic E-state index is 12.9. The van der Waals surface area contributed by atoms with Gasteiger partial charge in [-0.25, -0.2) is 9.50 Å². The van der Waals surface area contributed by atoms with Crippen LogP contribution in [0.5, 0.6) is 0 Å². The monoisotopic (exact) mass is 354 g/mol. The van der Waals surface area contributed by atoms with E-state index in [1.807, 2.05) is 6.92 Å². The Morgan fingerprint density at radius 1 is 1.28 bits per heavy atom. The number of amides is 1. The molecule has 2 aromatic heterocycles. The van der Waals surface area contributed by atoms with E-state index in [1.165, 1.54) is 21.2 Å². The number of H-pyrrole nitrogens is 1. The Bertz CT molecular complexity index is 1040. The number of aryl methyl sites for hydroxylation is 1. The van der Waals surface area contributed by atoms with E-state index in [0.717, 1.165) is 17.7 Å². The number of hydrogen-bond acceptors (Lipinski definition) is 4. The summed E-state index contributed by atoms with van der Waals surface area (Å²) in [5, 5.41) is 2.92. The molecule has 1 aromatic carbocycles. The van der Waals surface area contributed by atoms with E-state index in [4.69, 9.17) is 0 Å². The van der Waals surface area contributed by atoms with Crippen molar-refractivity contribution in [1.82, 2.24) is 19.5 Å². The molecule has 0 fully saturated rings. The molecule has 0 spiro atoms. The van der Waals surface area contributed by atoms with Crippen molar-refractivity contribution < 1.29 is 4.79 Å². The molecule has 1 aliphatic rings. The molecule has 4 rings (SSSR count). The largest absolute Gasteiger partial charge is 0.334 e. The number of fused-ring (bicyclic) bond motifs is 2. The summed E-state index contributed by atoms with van der Waals surface area (Å²) >= 11 is 1.71. The van der Waals surface area contributed by atoms with E-state index in [-0.39, 0.29) is 17.0 Å². The van der Waals surface area contributed by atoms with Gasteiger partial charge in [-0.05, 0) is 42.9 Å². The number of nitrogens with one attached hydrogen (secondary N) is 1. The minimum absolute atomic E-state index is 0.100. The number of nitrogens with zero attached hydrogens (tertiary/aromatic N) is 3. The first-order chi connectivity index (χ1) is 12.1. The summed E-state index contributed by atoms with van der Waals surface area (Å²) in [4.78, 5) is 32.6. The highest BCUT2D eigenvalue weighted by molar-refractivity contribution is 7.98. The summed E-state index contributed by atoms with van der Waals surface area (Å²) in [5.41, 5.74) is 3.51. The SMILES string of the molecule is CSc1ccc2c(c1)CCN(C(=O)c1cnc3cc(C)[nH]n3c1=O)C2. The molecule has 0 aliphatic carbocycles. The van der Waals surface area contributed by atoms with Gasteiger partial charge in [0.05, 0.1) is 0 Å². The molecule has 0 saturated carbocycles. The zero-order chi connectivity index (χ0) is 17.6. The highest BCUT2D eigenvalue weighted by atomic mass is 32.2. The van der Waals surface area contributed by atoms with E-state index in [0.29, 0.717) is 18.7 Å². The lowest BCUT2D eigenvalue weighted by atomic mass is 9.99. The molecule has 0 saturated heterocycles. The van der Waals surface area contributed by atoms with Gasteiger partial charge >= 0.3 is 0 Å². The third-order valence-electron chi connectivity index (χ3n) is 4.57. The number of hydrogen-bond donors (Lipinski definition) is 1. The van der Waals surface area contributed by atoms with Gasteiger partial charge in [-0.15, -0.1) is 11.8 Å². The Balaban J connectivity index is 1.65. The van der Waals surface area contributed by atoms with Crippen LogP contribution in [0.3, 0.4) is 0 Å². The first kappa shape index (κ1) is 16.0. The number of aromatic nitrogens is 3. The molecule has 0 bridgehead atoms. The van der Waals surface area contributed by atoms with Crippen LogP contribution in [-0.4, -0.2) is 38.2 Å². The van der Waals surface area contributed by atoms with Crippen molar-refractivity contribution in [2.75, 3.05) is 12.8 Å². The predicted molar refractivity (Wildman–Crippen MR) is 97.2 cm³/mol. The third kappa shape index (κ3) is 2.74. The van der Waals surface area contributed by atoms with Crippen molar-refractivity contribution in [2.24, 2.45) is 0 Å². The van der Waals surface area contributed by atoms with Gasteiger partial charge in [-0.3, -0.25) is 14.7 Å². The van der Waals surface area contributed by atoms with Crippen LogP contribution in [0.1, 0.15) is 27.2 Å². The van der Waals surface area contributed by atoms with Gasteiger partial charge in [0.1, 0.15) is 5.56 Å². The fraction of sp³-hybridized carbons (Fsp3) is 0.278. The lowest BCUT2D eigenvalue weighted by molar-refractivity contribution is 0.0732. The van der Waals surface area contributed by atoms with Crippen LogP contribution in [0.15, 0.2) is 40.2 Å². The van der Waals surface area contributed by atoms with Crippen LogP contribution < -0.4 is 5.56 Å². The van der Waals surface area contributed by atoms with E-state index in [9.17, 15) is 9.59 Å². The highest BCUT2D eigenvalue weighted by Gasteiger charge is 2.25. The summed E-state index contributed by atoms with van der Waals surface area (Å²) in [5.74, 6) is -0.265. The summed E-state index contributed by atoms with van der Waals surface area (Å²) in [6, 6.07) is 8.10. The second kappa shape index (κ2) is 6.07. The molecular formula is C18H18N4O2S. The molecule has 1 N–H and O–H groups in total. The third-order valence-corrected chi connectivity index (χ3v) is 5.29. The van der Waals surface area contributed by atoms with Crippen molar-refractivity contribution in [3.05, 3.63) is 63.2 Å². The van der Waals surface area contributed by atoms with Gasteiger partial charge in [0.15, 0.2) is 5.65 Å². The van der Waals surface area contributed by atoms with Crippen molar-refractivity contribution in [3.63, 3.8) is 0 Å². The molecule has 0 atom stereocenters. The van der Waals surface area contributed by atoms with E-state index < -0.39 is 0 Å². The summed E-state index contributed by atoms with van der Waals surface area (Å²) in [7, 11) is 0. The molecule has 3 heterocycles. The molecule has 128 valence electrons. The van der Waals surface area contributed by atoms with Crippen LogP contribution in [0.4, 0.5) is 0 Å². The fourth-order valence-electron chi connectivity index (χ4n) is 3.23. The van der Waals surface area contributed by atoms with Crippen LogP contribution in [-0.2, 0) is 13.0 Å². The Labute approximate surface area is 148 Å². The van der Waals surface area contributed by atoms with Crippen molar-refractivity contribution in [2.45, 2.75) is 24.8 Å². The first-order valence-electron chi connectivity index (χ1n) is 8.09. The standard InChI is InChI=1S/C18H18N4O2S/c1-11-7-16-19-9-15(18(24)22(16)20-11)17(23)21-6-5-12-8-14(25-2)4-3-13(12)10-21/h3-4,7-9,20H,5-6,10H2,1-2H3. The number of thioether (sulfide) groups is 1. The zero-order valence-corrected chi connectivity index (χ0v) is 14.9. The molecule has 1 amide bonds. The first-order valence-corrected chi connectivity index (χ1v) is 9.32. The Kier molecular flexibility index (Phi) is 3.88. The maximum atomic E-state index is 12.9. The number of benzene rings is 1. The van der Waals surface area contributed by atoms with Gasteiger partial charge in [0, 0.05) is 35.9 Å². The number of aromatic amines is 1. The molecule has 1 aliphatic heterocycles. The Morgan fingerprint density at radius 3 is 2.92 bits per heavy atom. The summed E-state index contributed by atoms with van der Waals surface area (Å²) in [6.45, 7) is 2.98.